The Morgan fingerprint density at radius 3 is 2.56 bits per heavy atom. The number of hydrogen-bond donors (Lipinski definition) is 1. The molecule has 1 heterocycles. The first kappa shape index (κ1) is 19.8. The van der Waals surface area contributed by atoms with Gasteiger partial charge in [0.2, 0.25) is 5.91 Å². The highest BCUT2D eigenvalue weighted by Crippen LogP contribution is 2.36. The van der Waals surface area contributed by atoms with Crippen molar-refractivity contribution in [1.82, 2.24) is 4.57 Å². The highest BCUT2D eigenvalue weighted by molar-refractivity contribution is 7.99. The van der Waals surface area contributed by atoms with Crippen molar-refractivity contribution in [1.29, 1.82) is 0 Å². The molecular formula is C21H28N2O3S. The minimum Gasteiger partial charge on any atom is -0.443 e. The zero-order chi connectivity index (χ0) is 19.6. The molecule has 1 saturated carbocycles. The van der Waals surface area contributed by atoms with Crippen LogP contribution in [-0.2, 0) is 15.3 Å². The number of benzene rings is 1. The average Bonchev–Trinajstić information content (AvgIpc) is 3.22. The lowest BCUT2D eigenvalue weighted by molar-refractivity contribution is -0.118. The van der Waals surface area contributed by atoms with Gasteiger partial charge in [-0.25, -0.2) is 4.79 Å². The minimum absolute atomic E-state index is 0.170. The number of hydrogen-bond acceptors (Lipinski definition) is 4. The summed E-state index contributed by atoms with van der Waals surface area (Å²) in [5.74, 6) is 0.773. The molecule has 1 unspecified atom stereocenters. The summed E-state index contributed by atoms with van der Waals surface area (Å²) in [6, 6.07) is 7.78. The first-order chi connectivity index (χ1) is 12.8. The van der Waals surface area contributed by atoms with Gasteiger partial charge in [0.05, 0.1) is 10.8 Å². The Bertz CT molecular complexity index is 832. The van der Waals surface area contributed by atoms with Gasteiger partial charge in [-0.1, -0.05) is 31.0 Å². The molecule has 0 aliphatic heterocycles. The number of carbonyl (C=O) groups is 2. The van der Waals surface area contributed by atoms with Gasteiger partial charge in [-0.05, 0) is 51.2 Å². The molecular weight excluding hydrogens is 360 g/mol. The fourth-order valence-corrected chi connectivity index (χ4v) is 5.02. The van der Waals surface area contributed by atoms with Crippen molar-refractivity contribution in [2.75, 3.05) is 0 Å². The van der Waals surface area contributed by atoms with Crippen LogP contribution in [-0.4, -0.2) is 27.4 Å². The Labute approximate surface area is 164 Å². The second kappa shape index (κ2) is 7.97. The van der Waals surface area contributed by atoms with E-state index in [-0.39, 0.29) is 11.2 Å². The Hall–Kier alpha value is -1.95. The second-order valence-corrected chi connectivity index (χ2v) is 9.33. The van der Waals surface area contributed by atoms with Gasteiger partial charge in [-0.15, -0.1) is 11.8 Å². The molecule has 6 heteroatoms. The van der Waals surface area contributed by atoms with Crippen molar-refractivity contribution in [3.8, 4) is 0 Å². The number of aromatic nitrogens is 1. The van der Waals surface area contributed by atoms with Gasteiger partial charge in [0.25, 0.3) is 0 Å². The smallest absolute Gasteiger partial charge is 0.419 e. The summed E-state index contributed by atoms with van der Waals surface area (Å²) >= 11 is 1.59. The van der Waals surface area contributed by atoms with Gasteiger partial charge in [-0.2, -0.15) is 0 Å². The highest BCUT2D eigenvalue weighted by atomic mass is 32.2. The van der Waals surface area contributed by atoms with Crippen LogP contribution in [0.1, 0.15) is 52.0 Å². The zero-order valence-electron chi connectivity index (χ0n) is 16.2. The van der Waals surface area contributed by atoms with Crippen LogP contribution in [0, 0.1) is 5.92 Å². The third-order valence-electron chi connectivity index (χ3n) is 4.91. The second-order valence-electron chi connectivity index (χ2n) is 8.20. The maximum Gasteiger partial charge on any atom is 0.419 e. The molecule has 1 aromatic carbocycles. The molecule has 1 aliphatic rings. The summed E-state index contributed by atoms with van der Waals surface area (Å²) in [5, 5.41) is 0.835. The van der Waals surface area contributed by atoms with Crippen molar-refractivity contribution in [2.24, 2.45) is 11.7 Å². The zero-order valence-corrected chi connectivity index (χ0v) is 17.1. The quantitative estimate of drug-likeness (QED) is 0.805. The molecule has 1 atom stereocenters. The third-order valence-corrected chi connectivity index (χ3v) is 6.37. The average molecular weight is 389 g/mol. The van der Waals surface area contributed by atoms with Gasteiger partial charge in [0.15, 0.2) is 0 Å². The molecule has 1 aliphatic carbocycles. The number of thioether (sulfide) groups is 1. The lowest BCUT2D eigenvalue weighted by Crippen LogP contribution is -2.31. The number of nitrogens with two attached hydrogens (primary N) is 1. The van der Waals surface area contributed by atoms with E-state index in [9.17, 15) is 9.59 Å². The van der Waals surface area contributed by atoms with Crippen molar-refractivity contribution in [3.05, 3.63) is 36.0 Å². The number of ether oxygens (including phenoxy) is 1. The number of rotatable bonds is 5. The van der Waals surface area contributed by atoms with Crippen LogP contribution in [0.5, 0.6) is 0 Å². The molecule has 0 spiro atoms. The van der Waals surface area contributed by atoms with Crippen molar-refractivity contribution in [3.63, 3.8) is 0 Å². The maximum atomic E-state index is 12.6. The molecule has 0 bridgehead atoms. The normalized spacial score (nSPS) is 16.6. The lowest BCUT2D eigenvalue weighted by atomic mass is 10.0. The Kier molecular flexibility index (Phi) is 5.84. The predicted octanol–water partition coefficient (Wildman–Crippen LogP) is 4.70. The number of carbonyl (C=O) groups excluding carboxylic acids is 2. The Balaban J connectivity index is 1.84. The van der Waals surface area contributed by atoms with Crippen molar-refractivity contribution < 1.29 is 14.3 Å². The number of fused-ring (bicyclic) bond motifs is 1. The van der Waals surface area contributed by atoms with E-state index in [0.29, 0.717) is 11.7 Å². The van der Waals surface area contributed by atoms with E-state index in [2.05, 4.69) is 0 Å². The molecule has 2 aromatic rings. The third kappa shape index (κ3) is 4.67. The van der Waals surface area contributed by atoms with Crippen LogP contribution in [0.2, 0.25) is 0 Å². The maximum absolute atomic E-state index is 12.6. The lowest BCUT2D eigenvalue weighted by Gasteiger charge is -2.20. The van der Waals surface area contributed by atoms with Crippen LogP contribution >= 0.6 is 11.8 Å². The molecule has 1 fully saturated rings. The number of amides is 1. The monoisotopic (exact) mass is 388 g/mol. The first-order valence-corrected chi connectivity index (χ1v) is 10.5. The van der Waals surface area contributed by atoms with Crippen LogP contribution in [0.15, 0.2) is 30.5 Å². The minimum atomic E-state index is -0.559. The van der Waals surface area contributed by atoms with E-state index in [1.54, 1.807) is 16.3 Å². The van der Waals surface area contributed by atoms with Gasteiger partial charge >= 0.3 is 6.09 Å². The standard InChI is InChI=1S/C21H28N2O3S/c1-21(2,3)26-20(25)23-12-15(16-10-6-7-11-17(16)23)13-27-18(19(22)24)14-8-4-5-9-14/h6-7,10-12,14,18H,4-5,8-9,13H2,1-3H3,(H2,22,24). The van der Waals surface area contributed by atoms with Crippen LogP contribution in [0.3, 0.4) is 0 Å². The van der Waals surface area contributed by atoms with E-state index in [4.69, 9.17) is 10.5 Å². The number of nitrogens with zero attached hydrogens (tertiary/aromatic N) is 1. The van der Waals surface area contributed by atoms with Gasteiger partial charge < -0.3 is 10.5 Å². The van der Waals surface area contributed by atoms with E-state index in [1.807, 2.05) is 51.2 Å². The molecule has 2 N–H and O–H groups in total. The highest BCUT2D eigenvalue weighted by Gasteiger charge is 2.30. The summed E-state index contributed by atoms with van der Waals surface area (Å²) in [4.78, 5) is 24.6. The summed E-state index contributed by atoms with van der Waals surface area (Å²) in [5.41, 5.74) is 6.96. The fraction of sp³-hybridized carbons (Fsp3) is 0.524. The van der Waals surface area contributed by atoms with Gasteiger partial charge in [-0.3, -0.25) is 9.36 Å². The topological polar surface area (TPSA) is 74.3 Å². The summed E-state index contributed by atoms with van der Waals surface area (Å²) in [6.07, 6.45) is 5.93. The predicted molar refractivity (Wildman–Crippen MR) is 110 cm³/mol. The van der Waals surface area contributed by atoms with Gasteiger partial charge in [0, 0.05) is 17.3 Å². The first-order valence-electron chi connectivity index (χ1n) is 9.49. The van der Waals surface area contributed by atoms with E-state index in [1.165, 1.54) is 12.8 Å². The fourth-order valence-electron chi connectivity index (χ4n) is 3.72. The number of primary amides is 1. The molecule has 27 heavy (non-hydrogen) atoms. The summed E-state index contributed by atoms with van der Waals surface area (Å²) < 4.78 is 7.09. The van der Waals surface area contributed by atoms with Crippen LogP contribution in [0.25, 0.3) is 10.9 Å². The summed E-state index contributed by atoms with van der Waals surface area (Å²) in [6.45, 7) is 5.56. The SMILES string of the molecule is CC(C)(C)OC(=O)n1cc(CSC(C(N)=O)C2CCCC2)c2ccccc21. The molecule has 0 radical (unpaired) electrons. The number of para-hydroxylation sites is 1. The Morgan fingerprint density at radius 2 is 1.93 bits per heavy atom. The molecule has 0 saturated heterocycles. The van der Waals surface area contributed by atoms with Crippen molar-refractivity contribution >= 4 is 34.7 Å². The molecule has 1 amide bonds. The molecule has 1 aromatic heterocycles. The van der Waals surface area contributed by atoms with Crippen LogP contribution in [0.4, 0.5) is 4.79 Å². The van der Waals surface area contributed by atoms with Crippen LogP contribution < -0.4 is 5.73 Å². The van der Waals surface area contributed by atoms with Crippen molar-refractivity contribution in [2.45, 2.75) is 63.1 Å². The van der Waals surface area contributed by atoms with E-state index >= 15 is 0 Å². The molecule has 3 rings (SSSR count). The molecule has 146 valence electrons. The van der Waals surface area contributed by atoms with Gasteiger partial charge in [0.1, 0.15) is 5.60 Å². The largest absolute Gasteiger partial charge is 0.443 e. The Morgan fingerprint density at radius 1 is 1.26 bits per heavy atom. The van der Waals surface area contributed by atoms with E-state index in [0.717, 1.165) is 29.3 Å². The van der Waals surface area contributed by atoms with E-state index < -0.39 is 11.7 Å². The summed E-state index contributed by atoms with van der Waals surface area (Å²) in [7, 11) is 0. The molecule has 5 nitrogen and oxygen atoms in total.